The molecule has 1 saturated heterocycles. The molecule has 3 aromatic rings. The van der Waals surface area contributed by atoms with Crippen LogP contribution >= 0.6 is 12.4 Å². The number of piperidine rings is 1. The SMILES string of the molecule is CCn1cc(C(CC(=O)CC2CCNCC2)c2cccc(C)c2)c2ccccc21.Cl. The lowest BCUT2D eigenvalue weighted by Crippen LogP contribution is -2.29. The topological polar surface area (TPSA) is 34.0 Å². The maximum absolute atomic E-state index is 13.1. The van der Waals surface area contributed by atoms with E-state index in [2.05, 4.69) is 78.5 Å². The highest BCUT2D eigenvalue weighted by atomic mass is 35.5. The van der Waals surface area contributed by atoms with Crippen LogP contribution in [0, 0.1) is 12.8 Å². The summed E-state index contributed by atoms with van der Waals surface area (Å²) in [7, 11) is 0. The molecule has 1 aliphatic rings. The van der Waals surface area contributed by atoms with Crippen molar-refractivity contribution in [3.05, 3.63) is 71.4 Å². The van der Waals surface area contributed by atoms with Crippen LogP contribution in [0.2, 0.25) is 0 Å². The minimum Gasteiger partial charge on any atom is -0.347 e. The Kier molecular flexibility index (Phi) is 7.74. The second-order valence-electron chi connectivity index (χ2n) is 8.49. The second-order valence-corrected chi connectivity index (χ2v) is 8.49. The monoisotopic (exact) mass is 424 g/mol. The number of carbonyl (C=O) groups is 1. The average molecular weight is 425 g/mol. The molecule has 1 unspecified atom stereocenters. The Morgan fingerprint density at radius 1 is 1.13 bits per heavy atom. The molecule has 3 nitrogen and oxygen atoms in total. The first-order chi connectivity index (χ1) is 14.2. The maximum Gasteiger partial charge on any atom is 0.134 e. The van der Waals surface area contributed by atoms with E-state index in [1.54, 1.807) is 0 Å². The van der Waals surface area contributed by atoms with Crippen molar-refractivity contribution in [1.82, 2.24) is 9.88 Å². The van der Waals surface area contributed by atoms with Crippen LogP contribution in [-0.2, 0) is 11.3 Å². The van der Waals surface area contributed by atoms with Crippen molar-refractivity contribution in [3.8, 4) is 0 Å². The molecule has 4 rings (SSSR count). The van der Waals surface area contributed by atoms with E-state index in [-0.39, 0.29) is 18.3 Å². The molecular formula is C26H33ClN2O. The van der Waals surface area contributed by atoms with E-state index in [0.717, 1.165) is 38.9 Å². The van der Waals surface area contributed by atoms with E-state index in [4.69, 9.17) is 0 Å². The molecule has 2 heterocycles. The van der Waals surface area contributed by atoms with Gasteiger partial charge in [-0.15, -0.1) is 12.4 Å². The molecule has 30 heavy (non-hydrogen) atoms. The fourth-order valence-electron chi connectivity index (χ4n) is 4.83. The van der Waals surface area contributed by atoms with Gasteiger partial charge >= 0.3 is 0 Å². The van der Waals surface area contributed by atoms with Gasteiger partial charge in [0.05, 0.1) is 0 Å². The summed E-state index contributed by atoms with van der Waals surface area (Å²) in [5.74, 6) is 1.05. The highest BCUT2D eigenvalue weighted by Gasteiger charge is 2.24. The third-order valence-corrected chi connectivity index (χ3v) is 6.39. The number of hydrogen-bond acceptors (Lipinski definition) is 2. The number of halogens is 1. The third kappa shape index (κ3) is 4.96. The van der Waals surface area contributed by atoms with Gasteiger partial charge in [0.2, 0.25) is 0 Å². The molecule has 0 spiro atoms. The van der Waals surface area contributed by atoms with Crippen LogP contribution in [0.15, 0.2) is 54.7 Å². The molecular weight excluding hydrogens is 392 g/mol. The molecule has 1 aromatic heterocycles. The Labute approximate surface area is 186 Å². The zero-order valence-electron chi connectivity index (χ0n) is 18.1. The summed E-state index contributed by atoms with van der Waals surface area (Å²) in [6.07, 6.45) is 5.82. The van der Waals surface area contributed by atoms with Gasteiger partial charge in [-0.05, 0) is 62.9 Å². The maximum atomic E-state index is 13.1. The van der Waals surface area contributed by atoms with E-state index in [1.165, 1.54) is 27.6 Å². The van der Waals surface area contributed by atoms with Crippen LogP contribution < -0.4 is 5.32 Å². The van der Waals surface area contributed by atoms with E-state index in [1.807, 2.05) is 0 Å². The fourth-order valence-corrected chi connectivity index (χ4v) is 4.83. The fraction of sp³-hybridized carbons (Fsp3) is 0.423. The van der Waals surface area contributed by atoms with Crippen molar-refractivity contribution in [2.24, 2.45) is 5.92 Å². The highest BCUT2D eigenvalue weighted by molar-refractivity contribution is 5.87. The van der Waals surface area contributed by atoms with Crippen molar-refractivity contribution in [3.63, 3.8) is 0 Å². The normalized spacial score (nSPS) is 15.7. The lowest BCUT2D eigenvalue weighted by molar-refractivity contribution is -0.120. The zero-order valence-corrected chi connectivity index (χ0v) is 18.9. The van der Waals surface area contributed by atoms with E-state index >= 15 is 0 Å². The number of nitrogens with one attached hydrogen (secondary N) is 1. The summed E-state index contributed by atoms with van der Waals surface area (Å²) in [6.45, 7) is 7.34. The van der Waals surface area contributed by atoms with Gasteiger partial charge < -0.3 is 9.88 Å². The number of rotatable bonds is 7. The number of aryl methyl sites for hydroxylation is 2. The van der Waals surface area contributed by atoms with Crippen molar-refractivity contribution in [2.75, 3.05) is 13.1 Å². The number of carbonyl (C=O) groups excluding carboxylic acids is 1. The molecule has 0 amide bonds. The first-order valence-electron chi connectivity index (χ1n) is 11.0. The van der Waals surface area contributed by atoms with Gasteiger partial charge in [-0.1, -0.05) is 48.0 Å². The summed E-state index contributed by atoms with van der Waals surface area (Å²) in [6, 6.07) is 17.3. The first-order valence-corrected chi connectivity index (χ1v) is 11.0. The third-order valence-electron chi connectivity index (χ3n) is 6.39. The quantitative estimate of drug-likeness (QED) is 0.514. The minimum atomic E-state index is 0. The summed E-state index contributed by atoms with van der Waals surface area (Å²) in [5.41, 5.74) is 5.04. The van der Waals surface area contributed by atoms with Crippen LogP contribution in [0.5, 0.6) is 0 Å². The predicted molar refractivity (Wildman–Crippen MR) is 128 cm³/mol. The molecule has 2 aromatic carbocycles. The number of Topliss-reactive ketones (excluding diaryl/α,β-unsaturated/α-hetero) is 1. The van der Waals surface area contributed by atoms with Crippen LogP contribution in [0.25, 0.3) is 10.9 Å². The number of para-hydroxylation sites is 1. The smallest absolute Gasteiger partial charge is 0.134 e. The van der Waals surface area contributed by atoms with Gasteiger partial charge in [-0.2, -0.15) is 0 Å². The molecule has 4 heteroatoms. The Hall–Kier alpha value is -2.10. The number of aromatic nitrogens is 1. The molecule has 0 aliphatic carbocycles. The van der Waals surface area contributed by atoms with E-state index in [9.17, 15) is 4.79 Å². The van der Waals surface area contributed by atoms with Crippen LogP contribution in [0.4, 0.5) is 0 Å². The Morgan fingerprint density at radius 2 is 1.90 bits per heavy atom. The standard InChI is InChI=1S/C26H32N2O.ClH/c1-3-28-18-25(23-9-4-5-10-26(23)28)24(21-8-6-7-19(2)15-21)17-22(29)16-20-11-13-27-14-12-20;/h4-10,15,18,20,24,27H,3,11-14,16-17H2,1-2H3;1H. The molecule has 160 valence electrons. The van der Waals surface area contributed by atoms with Crippen LogP contribution in [0.1, 0.15) is 55.2 Å². The van der Waals surface area contributed by atoms with Crippen molar-refractivity contribution < 1.29 is 4.79 Å². The molecule has 0 bridgehead atoms. The lowest BCUT2D eigenvalue weighted by Gasteiger charge is -2.23. The highest BCUT2D eigenvalue weighted by Crippen LogP contribution is 2.36. The predicted octanol–water partition coefficient (Wildman–Crippen LogP) is 5.87. The average Bonchev–Trinajstić information content (AvgIpc) is 3.11. The van der Waals surface area contributed by atoms with E-state index in [0.29, 0.717) is 18.1 Å². The number of nitrogens with zero attached hydrogens (tertiary/aromatic N) is 1. The Balaban J connectivity index is 0.00000256. The molecule has 1 atom stereocenters. The Morgan fingerprint density at radius 3 is 2.63 bits per heavy atom. The largest absolute Gasteiger partial charge is 0.347 e. The number of ketones is 1. The Bertz CT molecular complexity index is 988. The van der Waals surface area contributed by atoms with Gasteiger partial charge in [0.15, 0.2) is 0 Å². The van der Waals surface area contributed by atoms with Crippen LogP contribution in [-0.4, -0.2) is 23.4 Å². The lowest BCUT2D eigenvalue weighted by atomic mass is 9.83. The van der Waals surface area contributed by atoms with Gasteiger partial charge in [0.25, 0.3) is 0 Å². The first kappa shape index (κ1) is 22.6. The molecule has 1 fully saturated rings. The number of benzene rings is 2. The van der Waals surface area contributed by atoms with Gasteiger partial charge in [0.1, 0.15) is 5.78 Å². The van der Waals surface area contributed by atoms with E-state index < -0.39 is 0 Å². The number of hydrogen-bond donors (Lipinski definition) is 1. The molecule has 0 saturated carbocycles. The molecule has 1 aliphatic heterocycles. The second kappa shape index (κ2) is 10.3. The summed E-state index contributed by atoms with van der Waals surface area (Å²) < 4.78 is 2.31. The summed E-state index contributed by atoms with van der Waals surface area (Å²) in [4.78, 5) is 13.1. The van der Waals surface area contributed by atoms with Crippen molar-refractivity contribution in [1.29, 1.82) is 0 Å². The molecule has 1 N–H and O–H groups in total. The van der Waals surface area contributed by atoms with Crippen molar-refractivity contribution >= 4 is 29.1 Å². The van der Waals surface area contributed by atoms with Gasteiger partial charge in [0, 0.05) is 42.4 Å². The van der Waals surface area contributed by atoms with Gasteiger partial charge in [-0.3, -0.25) is 4.79 Å². The minimum absolute atomic E-state index is 0. The summed E-state index contributed by atoms with van der Waals surface area (Å²) in [5, 5.41) is 4.68. The zero-order chi connectivity index (χ0) is 20.2. The van der Waals surface area contributed by atoms with Crippen molar-refractivity contribution in [2.45, 2.75) is 52.0 Å². The van der Waals surface area contributed by atoms with Crippen LogP contribution in [0.3, 0.4) is 0 Å². The molecule has 0 radical (unpaired) electrons. The summed E-state index contributed by atoms with van der Waals surface area (Å²) >= 11 is 0. The number of fused-ring (bicyclic) bond motifs is 1. The van der Waals surface area contributed by atoms with Gasteiger partial charge in [-0.25, -0.2) is 0 Å².